The summed E-state index contributed by atoms with van der Waals surface area (Å²) in [4.78, 5) is 153. The van der Waals surface area contributed by atoms with E-state index in [-0.39, 0.29) is 48.1 Å². The third-order valence-corrected chi connectivity index (χ3v) is 27.9. The topological polar surface area (TPSA) is 498 Å². The maximum absolute atomic E-state index is 12.1. The third-order valence-electron chi connectivity index (χ3n) is 27.9. The summed E-state index contributed by atoms with van der Waals surface area (Å²) in [6, 6.07) is 0.397. The van der Waals surface area contributed by atoms with E-state index in [1.807, 2.05) is 66.9 Å². The average Bonchev–Trinajstić information content (AvgIpc) is 1.58. The van der Waals surface area contributed by atoms with Crippen molar-refractivity contribution in [3.05, 3.63) is 114 Å². The molecule has 26 heterocycles. The minimum atomic E-state index is -0.509. The maximum atomic E-state index is 12.1. The van der Waals surface area contributed by atoms with Gasteiger partial charge in [-0.1, -0.05) is 0 Å². The first-order valence-corrected chi connectivity index (χ1v) is 49.7. The van der Waals surface area contributed by atoms with Crippen LogP contribution >= 0.6 is 0 Å². The van der Waals surface area contributed by atoms with Crippen molar-refractivity contribution in [3.63, 3.8) is 0 Å². The van der Waals surface area contributed by atoms with Crippen LogP contribution in [0.2, 0.25) is 0 Å². The monoisotopic (exact) mass is 1990 g/mol. The lowest BCUT2D eigenvalue weighted by Gasteiger charge is -2.38. The minimum absolute atomic E-state index is 0.0500. The van der Waals surface area contributed by atoms with Crippen LogP contribution in [0.1, 0.15) is 147 Å². The first-order valence-electron chi connectivity index (χ1n) is 49.7. The largest absolute Gasteiger partial charge is 0.378 e. The van der Waals surface area contributed by atoms with Gasteiger partial charge in [-0.25, -0.2) is 125 Å². The number of aryl methyl sites for hydroxylation is 4. The molecule has 2 N–H and O–H groups in total. The van der Waals surface area contributed by atoms with Crippen LogP contribution in [0.15, 0.2) is 62.0 Å². The Bertz CT molecular complexity index is 7440. The van der Waals surface area contributed by atoms with Gasteiger partial charge in [0.25, 0.3) is 0 Å². The zero-order valence-corrected chi connectivity index (χ0v) is 84.9. The van der Waals surface area contributed by atoms with Gasteiger partial charge in [0.1, 0.15) is 75.8 Å². The fraction of sp³-hybridized carbons (Fsp3) is 0.520. The van der Waals surface area contributed by atoms with Gasteiger partial charge in [0, 0.05) is 161 Å². The summed E-state index contributed by atoms with van der Waals surface area (Å²) in [5, 5.41) is 5.49. The number of hydrogen-bond acceptors (Lipinski definition) is 41. The number of imidazole rings is 5. The van der Waals surface area contributed by atoms with Crippen LogP contribution in [0.3, 0.4) is 0 Å². The van der Waals surface area contributed by atoms with Crippen LogP contribution in [0.5, 0.6) is 0 Å². The summed E-state index contributed by atoms with van der Waals surface area (Å²) in [5.41, 5.74) is 10.1. The Morgan fingerprint density at radius 2 is 0.726 bits per heavy atom. The zero-order chi connectivity index (χ0) is 101. The van der Waals surface area contributed by atoms with Crippen molar-refractivity contribution in [1.82, 2.24) is 158 Å². The lowest BCUT2D eigenvalue weighted by molar-refractivity contribution is -0.123. The SMILES string of the molecule is CC(=O)Nc1ncc(-c2nc(N3CCOCC3)c3nc4n(c3n2)CCOC4(C)C)cn1.Cc1ncc(-c2nc(N3CCOC(C)(C)C3)c3nc4n(c3n2)CCOC4(C)C)cn1.Cc1ncc(-c2nc(N3CCOCC3)c3nc4n(c3n2)CC(=O)NC4C)cn1.Cc1ncc(-c2nc(N3CCOCC3)c3nc4n(c3n2)CCN(C)C4C)cn1.Cc1ncc(-c2nc(N3C[C@@H]4C[C@H]3CO4)c3nc4n(c3n2)CCOC4(C)C)cn1. The number of ether oxygens (including phenoxy) is 8. The molecule has 11 aliphatic heterocycles. The molecule has 48 heteroatoms. The molecule has 760 valence electrons. The highest BCUT2D eigenvalue weighted by molar-refractivity contribution is 5.92. The molecule has 146 heavy (non-hydrogen) atoms. The molecule has 2 bridgehead atoms. The molecule has 2 unspecified atom stereocenters. The van der Waals surface area contributed by atoms with Crippen LogP contribution in [-0.4, -0.2) is 327 Å². The number of nitrogens with one attached hydrogen (secondary N) is 2. The van der Waals surface area contributed by atoms with E-state index in [9.17, 15) is 9.59 Å². The van der Waals surface area contributed by atoms with E-state index < -0.39 is 16.8 Å². The second kappa shape index (κ2) is 38.9. The van der Waals surface area contributed by atoms with E-state index in [4.69, 9.17) is 113 Å². The lowest BCUT2D eigenvalue weighted by Crippen LogP contribution is -2.48. The molecule has 0 spiro atoms. The number of morpholine rings is 5. The van der Waals surface area contributed by atoms with Gasteiger partial charge in [-0.3, -0.25) is 19.8 Å². The third kappa shape index (κ3) is 19.0. The van der Waals surface area contributed by atoms with E-state index in [0.717, 1.165) is 234 Å². The van der Waals surface area contributed by atoms with Crippen LogP contribution in [-0.2, 0) is 97.0 Å². The van der Waals surface area contributed by atoms with Gasteiger partial charge in [-0.15, -0.1) is 0 Å². The molecule has 0 radical (unpaired) electrons. The van der Waals surface area contributed by atoms with E-state index in [0.29, 0.717) is 137 Å². The molecule has 15 aromatic rings. The second-order valence-corrected chi connectivity index (χ2v) is 40.1. The van der Waals surface area contributed by atoms with Crippen molar-refractivity contribution < 1.29 is 47.5 Å². The predicted octanol–water partition coefficient (Wildman–Crippen LogP) is 7.70. The molecular weight excluding hydrogens is 1870 g/mol. The predicted molar refractivity (Wildman–Crippen MR) is 536 cm³/mol. The maximum Gasteiger partial charge on any atom is 0.240 e. The van der Waals surface area contributed by atoms with Crippen molar-refractivity contribution in [3.8, 4) is 56.9 Å². The number of rotatable bonds is 11. The number of likely N-dealkylation sites (N-methyl/N-ethyl adjacent to an activating group) is 1. The first kappa shape index (κ1) is 96.5. The summed E-state index contributed by atoms with van der Waals surface area (Å²) >= 11 is 0. The van der Waals surface area contributed by atoms with Gasteiger partial charge in [-0.05, 0) is 110 Å². The fourth-order valence-corrected chi connectivity index (χ4v) is 20.1. The van der Waals surface area contributed by atoms with Crippen molar-refractivity contribution in [2.75, 3.05) is 175 Å². The number of carbonyl (C=O) groups is 2. The molecule has 6 fully saturated rings. The Morgan fingerprint density at radius 1 is 0.384 bits per heavy atom. The molecule has 0 aliphatic carbocycles. The highest BCUT2D eigenvalue weighted by Crippen LogP contribution is 2.44. The zero-order valence-electron chi connectivity index (χ0n) is 84.9. The van der Waals surface area contributed by atoms with E-state index in [1.165, 1.54) is 6.92 Å². The van der Waals surface area contributed by atoms with Gasteiger partial charge in [0.2, 0.25) is 17.8 Å². The number of amides is 2. The summed E-state index contributed by atoms with van der Waals surface area (Å²) in [6.45, 7) is 47.5. The van der Waals surface area contributed by atoms with E-state index in [2.05, 4.69) is 150 Å². The standard InChI is InChI=1S/C21H27N7O2.C20H24N8O3.C20H23N7O2.C19H24N8O.C18H20N8O2/c1-13-22-10-14(11-23-13)16-25-17(27-6-8-29-20(2,3)12-27)15-18(26-16)28-7-9-30-21(4,5)19(28)24-15;1-12(29)23-19-21-10-13(11-22-19)15-25-16(27-4-7-30-8-5-27)14-17(26-15)28-6-9-31-20(2,3)18(28)24-14;1-11-21-7-12(8-22-11)16-24-17-15(23-19-20(2,3)29-5-4-26(17)19)18(25-16)27-9-14-6-13(27)10-28-14;1-12-17-22-15-18(26-6-8-28-9-7-26)23-16(14-10-20-13(2)21-11-14)24-19(15)27(17)5-4-25(12)3;1-10-16-22-14-17(25-3-5-28-6-4-25)23-15(12-7-19-11(2)20-8-12)24-18(14)26(16)9-13(27)21-10/h10-11H,6-9,12H2,1-5H3;10-11H,4-9H2,1-3H3,(H,21,22,23,29);7-8,13-14H,4-6,9-10H2,1-3H3;10-12H,4-9H2,1-3H3;7-8,10H,3-6,9H2,1-2H3,(H,21,27)/t;;13-,14-;;/m..0../s1. The molecule has 2 amide bonds. The quantitative estimate of drug-likeness (QED) is 0.125. The van der Waals surface area contributed by atoms with Crippen LogP contribution in [0, 0.1) is 27.7 Å². The first-order chi connectivity index (χ1) is 70.4. The highest BCUT2D eigenvalue weighted by Gasteiger charge is 2.45. The average molecular weight is 1990 g/mol. The summed E-state index contributed by atoms with van der Waals surface area (Å²) in [6.07, 6.45) is 18.7. The molecule has 4 atom stereocenters. The molecule has 6 saturated heterocycles. The van der Waals surface area contributed by atoms with E-state index in [1.54, 1.807) is 62.0 Å². The molecule has 11 aliphatic rings. The van der Waals surface area contributed by atoms with Gasteiger partial charge in [0.15, 0.2) is 114 Å². The van der Waals surface area contributed by atoms with Gasteiger partial charge in [0.05, 0.1) is 130 Å². The molecular formula is C98H118N38O10. The number of fused-ring (bicyclic) bond motifs is 17. The van der Waals surface area contributed by atoms with Crippen molar-refractivity contribution in [2.24, 2.45) is 0 Å². The van der Waals surface area contributed by atoms with Gasteiger partial charge in [-0.2, -0.15) is 0 Å². The number of nitrogens with zero attached hydrogens (tertiary/aromatic N) is 36. The summed E-state index contributed by atoms with van der Waals surface area (Å²) in [5.74, 6) is 14.3. The molecule has 0 saturated carbocycles. The lowest BCUT2D eigenvalue weighted by atomic mass is 10.1. The highest BCUT2D eigenvalue weighted by atomic mass is 16.5. The smallest absolute Gasteiger partial charge is 0.240 e. The van der Waals surface area contributed by atoms with Gasteiger partial charge < -0.3 is 90.5 Å². The molecule has 26 rings (SSSR count). The summed E-state index contributed by atoms with van der Waals surface area (Å²) < 4.78 is 56.7. The summed E-state index contributed by atoms with van der Waals surface area (Å²) in [7, 11) is 2.14. The minimum Gasteiger partial charge on any atom is -0.378 e. The van der Waals surface area contributed by atoms with Crippen LogP contribution in [0.25, 0.3) is 113 Å². The fourth-order valence-electron chi connectivity index (χ4n) is 20.1. The van der Waals surface area contributed by atoms with Gasteiger partial charge >= 0.3 is 0 Å². The molecule has 48 nitrogen and oxygen atoms in total. The van der Waals surface area contributed by atoms with Crippen LogP contribution < -0.4 is 35.1 Å². The molecule has 15 aromatic heterocycles. The number of hydrogen-bond donors (Lipinski definition) is 2. The second-order valence-electron chi connectivity index (χ2n) is 40.1. The normalized spacial score (nSPS) is 20.7. The van der Waals surface area contributed by atoms with E-state index >= 15 is 0 Å². The number of carbonyl (C=O) groups excluding carboxylic acids is 2. The van der Waals surface area contributed by atoms with Crippen LogP contribution in [0.4, 0.5) is 35.0 Å². The van der Waals surface area contributed by atoms with Crippen molar-refractivity contribution in [1.29, 1.82) is 0 Å². The Kier molecular flexibility index (Phi) is 25.7. The van der Waals surface area contributed by atoms with Crippen molar-refractivity contribution >= 4 is 103 Å². The molecule has 0 aromatic carbocycles. The number of anilines is 6. The number of aromatic nitrogens is 30. The Labute approximate surface area is 839 Å². The Balaban J connectivity index is 0.000000104. The Hall–Kier alpha value is -14.3. The Morgan fingerprint density at radius 3 is 1.10 bits per heavy atom. The van der Waals surface area contributed by atoms with Crippen molar-refractivity contribution in [2.45, 2.75) is 190 Å².